The van der Waals surface area contributed by atoms with Gasteiger partial charge in [-0.15, -0.1) is 0 Å². The summed E-state index contributed by atoms with van der Waals surface area (Å²) < 4.78 is 0. The summed E-state index contributed by atoms with van der Waals surface area (Å²) >= 11 is 0. The summed E-state index contributed by atoms with van der Waals surface area (Å²) in [5.41, 5.74) is 5.00. The van der Waals surface area contributed by atoms with Gasteiger partial charge in [0.15, 0.2) is 0 Å². The van der Waals surface area contributed by atoms with E-state index in [1.54, 1.807) is 0 Å². The average Bonchev–Trinajstić information content (AvgIpc) is 1.59. The Hall–Kier alpha value is -0.610. The zero-order valence-corrected chi connectivity index (χ0v) is 6.53. The van der Waals surface area contributed by atoms with E-state index in [-0.39, 0.29) is 7.34 Å². The molecule has 4 heteroatoms. The van der Waals surface area contributed by atoms with Crippen molar-refractivity contribution >= 4 is 5.91 Å². The first kappa shape index (κ1) is 9.39. The third-order valence-corrected chi connectivity index (χ3v) is 1.33. The highest BCUT2D eigenvalue weighted by Crippen LogP contribution is 2.05. The molecule has 0 aromatic heterocycles. The Kier molecular flexibility index (Phi) is 3.32. The molecular weight excluding hydrogens is 132 g/mol. The molecule has 3 N–H and O–H groups in total. The standard InChI is InChI=1S/C6H14N2O2.H2/c1-4(2)5(6(7)9)8(3)10;/h4-5,10H,1-3H3,(H2,7,9);1H/t5-;/m0./s1. The van der Waals surface area contributed by atoms with Crippen molar-refractivity contribution in [3.63, 3.8) is 0 Å². The molecule has 0 aliphatic heterocycles. The van der Waals surface area contributed by atoms with E-state index < -0.39 is 11.9 Å². The fourth-order valence-corrected chi connectivity index (χ4v) is 0.944. The minimum atomic E-state index is -0.583. The lowest BCUT2D eigenvalue weighted by Gasteiger charge is -2.22. The second-order valence-corrected chi connectivity index (χ2v) is 2.66. The molecule has 0 unspecified atom stereocenters. The normalized spacial score (nSPS) is 14.2. The van der Waals surface area contributed by atoms with Crippen LogP contribution in [0.15, 0.2) is 0 Å². The largest absolute Gasteiger partial charge is 0.368 e. The Morgan fingerprint density at radius 2 is 2.10 bits per heavy atom. The number of rotatable bonds is 3. The van der Waals surface area contributed by atoms with Gasteiger partial charge in [0, 0.05) is 8.47 Å². The number of hydrogen-bond donors (Lipinski definition) is 2. The quantitative estimate of drug-likeness (QED) is 0.556. The number of nitrogens with zero attached hydrogens (tertiary/aromatic N) is 1. The topological polar surface area (TPSA) is 66.6 Å². The number of carbonyl (C=O) groups is 1. The van der Waals surface area contributed by atoms with E-state index >= 15 is 0 Å². The number of likely N-dealkylation sites (N-methyl/N-ethyl adjacent to an activating group) is 1. The molecule has 1 amide bonds. The molecule has 0 heterocycles. The van der Waals surface area contributed by atoms with Gasteiger partial charge in [-0.1, -0.05) is 13.8 Å². The summed E-state index contributed by atoms with van der Waals surface area (Å²) in [4.78, 5) is 10.6. The van der Waals surface area contributed by atoms with E-state index in [9.17, 15) is 4.79 Å². The first-order valence-corrected chi connectivity index (χ1v) is 3.17. The van der Waals surface area contributed by atoms with Crippen LogP contribution in [0.1, 0.15) is 15.3 Å². The van der Waals surface area contributed by atoms with Crippen molar-refractivity contribution in [2.45, 2.75) is 19.9 Å². The van der Waals surface area contributed by atoms with Crippen molar-refractivity contribution < 1.29 is 11.4 Å². The molecule has 0 aromatic rings. The van der Waals surface area contributed by atoms with Crippen molar-refractivity contribution in [3.05, 3.63) is 0 Å². The Labute approximate surface area is 62.1 Å². The molecule has 0 radical (unpaired) electrons. The number of carbonyl (C=O) groups excluding carboxylic acids is 1. The molecule has 62 valence electrons. The Bertz CT molecular complexity index is 120. The number of nitrogens with two attached hydrogens (primary N) is 1. The van der Waals surface area contributed by atoms with Crippen LogP contribution in [0.4, 0.5) is 0 Å². The number of hydrogen-bond acceptors (Lipinski definition) is 3. The summed E-state index contributed by atoms with van der Waals surface area (Å²) in [6.07, 6.45) is 0. The van der Waals surface area contributed by atoms with Crippen LogP contribution in [-0.4, -0.2) is 29.3 Å². The molecule has 0 spiro atoms. The zero-order chi connectivity index (χ0) is 8.31. The molecule has 4 nitrogen and oxygen atoms in total. The summed E-state index contributed by atoms with van der Waals surface area (Å²) in [5.74, 6) is -0.465. The second kappa shape index (κ2) is 3.53. The third kappa shape index (κ3) is 2.33. The fourth-order valence-electron chi connectivity index (χ4n) is 0.944. The molecule has 0 fully saturated rings. The van der Waals surface area contributed by atoms with Crippen molar-refractivity contribution in [3.8, 4) is 0 Å². The highest BCUT2D eigenvalue weighted by atomic mass is 16.5. The molecule has 0 rings (SSSR count). The van der Waals surface area contributed by atoms with E-state index in [1.165, 1.54) is 7.05 Å². The van der Waals surface area contributed by atoms with Crippen LogP contribution in [0, 0.1) is 5.92 Å². The highest BCUT2D eigenvalue weighted by Gasteiger charge is 2.22. The lowest BCUT2D eigenvalue weighted by Crippen LogP contribution is -2.44. The molecule has 0 aromatic carbocycles. The van der Waals surface area contributed by atoms with Crippen molar-refractivity contribution in [1.82, 2.24) is 5.06 Å². The van der Waals surface area contributed by atoms with Crippen LogP contribution < -0.4 is 5.73 Å². The monoisotopic (exact) mass is 148 g/mol. The smallest absolute Gasteiger partial charge is 0.237 e. The van der Waals surface area contributed by atoms with Gasteiger partial charge in [-0.05, 0) is 5.92 Å². The van der Waals surface area contributed by atoms with Gasteiger partial charge in [0.25, 0.3) is 0 Å². The van der Waals surface area contributed by atoms with E-state index in [0.29, 0.717) is 0 Å². The average molecular weight is 148 g/mol. The number of hydroxylamine groups is 2. The number of amides is 1. The predicted molar refractivity (Wildman–Crippen MR) is 39.5 cm³/mol. The second-order valence-electron chi connectivity index (χ2n) is 2.66. The minimum absolute atomic E-state index is 0. The zero-order valence-electron chi connectivity index (χ0n) is 6.53. The van der Waals surface area contributed by atoms with E-state index in [1.807, 2.05) is 13.8 Å². The Morgan fingerprint density at radius 3 is 2.10 bits per heavy atom. The lowest BCUT2D eigenvalue weighted by atomic mass is 10.0. The molecule has 1 atom stereocenters. The predicted octanol–water partition coefficient (Wildman–Crippen LogP) is 0.0633. The maximum absolute atomic E-state index is 10.6. The van der Waals surface area contributed by atoms with Gasteiger partial charge in [0.1, 0.15) is 6.04 Å². The van der Waals surface area contributed by atoms with Gasteiger partial charge in [-0.25, -0.2) is 0 Å². The molecule has 0 aliphatic rings. The van der Waals surface area contributed by atoms with E-state index in [4.69, 9.17) is 10.9 Å². The van der Waals surface area contributed by atoms with Gasteiger partial charge in [0.05, 0.1) is 0 Å². The molecular formula is C6H16N2O2. The summed E-state index contributed by atoms with van der Waals surface area (Å²) in [6.45, 7) is 3.64. The summed E-state index contributed by atoms with van der Waals surface area (Å²) in [6, 6.07) is -0.583. The summed E-state index contributed by atoms with van der Waals surface area (Å²) in [5, 5.41) is 9.73. The summed E-state index contributed by atoms with van der Waals surface area (Å²) in [7, 11) is 1.41. The molecule has 0 aliphatic carbocycles. The Morgan fingerprint density at radius 1 is 1.70 bits per heavy atom. The van der Waals surface area contributed by atoms with Crippen LogP contribution >= 0.6 is 0 Å². The maximum Gasteiger partial charge on any atom is 0.237 e. The first-order valence-electron chi connectivity index (χ1n) is 3.17. The minimum Gasteiger partial charge on any atom is -0.368 e. The van der Waals surface area contributed by atoms with Crippen LogP contribution in [0.3, 0.4) is 0 Å². The molecule has 0 saturated heterocycles. The first-order chi connectivity index (χ1) is 4.46. The molecule has 0 saturated carbocycles. The van der Waals surface area contributed by atoms with E-state index in [0.717, 1.165) is 5.06 Å². The third-order valence-electron chi connectivity index (χ3n) is 1.33. The van der Waals surface area contributed by atoms with Gasteiger partial charge in [-0.3, -0.25) is 4.79 Å². The van der Waals surface area contributed by atoms with Gasteiger partial charge in [0.2, 0.25) is 5.91 Å². The lowest BCUT2D eigenvalue weighted by molar-refractivity contribution is -0.149. The fraction of sp³-hybridized carbons (Fsp3) is 0.833. The van der Waals surface area contributed by atoms with Gasteiger partial charge >= 0.3 is 0 Å². The van der Waals surface area contributed by atoms with Crippen molar-refractivity contribution in [2.24, 2.45) is 11.7 Å². The van der Waals surface area contributed by atoms with Crippen LogP contribution in [0.5, 0.6) is 0 Å². The van der Waals surface area contributed by atoms with Gasteiger partial charge in [-0.2, -0.15) is 5.06 Å². The molecule has 10 heavy (non-hydrogen) atoms. The number of primary amides is 1. The van der Waals surface area contributed by atoms with Crippen LogP contribution in [-0.2, 0) is 4.79 Å². The van der Waals surface area contributed by atoms with E-state index in [2.05, 4.69) is 0 Å². The highest BCUT2D eigenvalue weighted by molar-refractivity contribution is 5.79. The maximum atomic E-state index is 10.6. The molecule has 0 bridgehead atoms. The SMILES string of the molecule is CC(C)[C@@H](C(N)=O)N(C)O.[HH]. The van der Waals surface area contributed by atoms with Crippen LogP contribution in [0.25, 0.3) is 0 Å². The van der Waals surface area contributed by atoms with Crippen molar-refractivity contribution in [2.75, 3.05) is 7.05 Å². The van der Waals surface area contributed by atoms with Crippen LogP contribution in [0.2, 0.25) is 0 Å². The van der Waals surface area contributed by atoms with Gasteiger partial charge < -0.3 is 10.9 Å². The van der Waals surface area contributed by atoms with Crippen molar-refractivity contribution in [1.29, 1.82) is 0 Å². The Balaban J connectivity index is 0.